The second-order valence-corrected chi connectivity index (χ2v) is 5.94. The van der Waals surface area contributed by atoms with E-state index in [1.807, 2.05) is 6.07 Å². The summed E-state index contributed by atoms with van der Waals surface area (Å²) in [6.07, 6.45) is 2.71. The predicted molar refractivity (Wildman–Crippen MR) is 90.6 cm³/mol. The molecule has 0 fully saturated rings. The van der Waals surface area contributed by atoms with E-state index in [2.05, 4.69) is 65.0 Å². The summed E-state index contributed by atoms with van der Waals surface area (Å²) in [6.45, 7) is 9.25. The van der Waals surface area contributed by atoms with Crippen molar-refractivity contribution in [3.63, 3.8) is 0 Å². The molecule has 0 aliphatic heterocycles. The lowest BCUT2D eigenvalue weighted by atomic mass is 10.1. The van der Waals surface area contributed by atoms with Gasteiger partial charge in [0.2, 0.25) is 0 Å². The quantitative estimate of drug-likeness (QED) is 0.868. The number of nitrogens with zero attached hydrogens (tertiary/aromatic N) is 3. The van der Waals surface area contributed by atoms with Gasteiger partial charge in [0.25, 0.3) is 0 Å². The Kier molecular flexibility index (Phi) is 5.28. The van der Waals surface area contributed by atoms with Crippen molar-refractivity contribution in [3.05, 3.63) is 34.1 Å². The molecule has 0 amide bonds. The first-order valence-corrected chi connectivity index (χ1v) is 8.13. The number of nitrogens with one attached hydrogen (secondary N) is 1. The van der Waals surface area contributed by atoms with Gasteiger partial charge in [-0.1, -0.05) is 26.8 Å². The Bertz CT molecular complexity index is 626. The van der Waals surface area contributed by atoms with Crippen molar-refractivity contribution >= 4 is 21.7 Å². The monoisotopic (exact) mass is 348 g/mol. The van der Waals surface area contributed by atoms with Crippen molar-refractivity contribution in [2.24, 2.45) is 0 Å². The van der Waals surface area contributed by atoms with Gasteiger partial charge in [-0.3, -0.25) is 4.98 Å². The van der Waals surface area contributed by atoms with Crippen LogP contribution in [0.15, 0.2) is 22.8 Å². The van der Waals surface area contributed by atoms with E-state index in [9.17, 15) is 0 Å². The number of aromatic nitrogens is 3. The van der Waals surface area contributed by atoms with Crippen molar-refractivity contribution in [1.29, 1.82) is 0 Å². The minimum atomic E-state index is 0.312. The molecule has 5 heteroatoms. The minimum absolute atomic E-state index is 0.312. The van der Waals surface area contributed by atoms with E-state index in [0.717, 1.165) is 40.2 Å². The Hall–Kier alpha value is -1.49. The zero-order valence-electron chi connectivity index (χ0n) is 12.9. The lowest BCUT2D eigenvalue weighted by molar-refractivity contribution is 0.807. The van der Waals surface area contributed by atoms with Crippen LogP contribution < -0.4 is 5.32 Å². The van der Waals surface area contributed by atoms with Crippen molar-refractivity contribution < 1.29 is 0 Å². The summed E-state index contributed by atoms with van der Waals surface area (Å²) in [5, 5.41) is 3.29. The summed E-state index contributed by atoms with van der Waals surface area (Å²) in [5.74, 6) is 1.83. The summed E-state index contributed by atoms with van der Waals surface area (Å²) in [4.78, 5) is 13.9. The van der Waals surface area contributed by atoms with E-state index >= 15 is 0 Å². The summed E-state index contributed by atoms with van der Waals surface area (Å²) >= 11 is 3.62. The molecule has 0 radical (unpaired) electrons. The van der Waals surface area contributed by atoms with Crippen LogP contribution in [0.5, 0.6) is 0 Å². The standard InChI is InChI=1S/C16H21BrN4/c1-5-11-8-7-9-19-14(11)16-20-13(10(3)4)12(17)15(21-16)18-6-2/h7-10H,5-6H2,1-4H3,(H,18,20,21). The van der Waals surface area contributed by atoms with Gasteiger partial charge in [-0.2, -0.15) is 0 Å². The summed E-state index contributed by atoms with van der Waals surface area (Å²) in [5.41, 5.74) is 3.04. The Morgan fingerprint density at radius 1 is 1.24 bits per heavy atom. The molecule has 2 rings (SSSR count). The van der Waals surface area contributed by atoms with E-state index in [0.29, 0.717) is 11.7 Å². The Morgan fingerprint density at radius 3 is 2.62 bits per heavy atom. The number of aryl methyl sites for hydroxylation is 1. The zero-order valence-corrected chi connectivity index (χ0v) is 14.5. The second kappa shape index (κ2) is 6.98. The van der Waals surface area contributed by atoms with Gasteiger partial charge in [0, 0.05) is 12.7 Å². The molecule has 4 nitrogen and oxygen atoms in total. The van der Waals surface area contributed by atoms with Crippen molar-refractivity contribution in [3.8, 4) is 11.5 Å². The lowest BCUT2D eigenvalue weighted by Gasteiger charge is -2.15. The largest absolute Gasteiger partial charge is 0.369 e. The third-order valence-corrected chi connectivity index (χ3v) is 4.03. The van der Waals surface area contributed by atoms with Crippen molar-refractivity contribution in [2.45, 2.75) is 40.0 Å². The molecule has 0 saturated carbocycles. The number of anilines is 1. The number of hydrogen-bond acceptors (Lipinski definition) is 4. The maximum absolute atomic E-state index is 4.73. The Balaban J connectivity index is 2.63. The molecule has 1 N–H and O–H groups in total. The molecule has 0 spiro atoms. The van der Waals surface area contributed by atoms with Crippen molar-refractivity contribution in [2.75, 3.05) is 11.9 Å². The average molecular weight is 349 g/mol. The summed E-state index contributed by atoms with van der Waals surface area (Å²) < 4.78 is 0.942. The molecule has 2 aromatic rings. The van der Waals surface area contributed by atoms with E-state index in [-0.39, 0.29) is 0 Å². The van der Waals surface area contributed by atoms with Gasteiger partial charge in [0.05, 0.1) is 10.2 Å². The maximum Gasteiger partial charge on any atom is 0.180 e. The van der Waals surface area contributed by atoms with Crippen LogP contribution in [0.1, 0.15) is 44.9 Å². The first kappa shape index (κ1) is 15.9. The number of halogens is 1. The van der Waals surface area contributed by atoms with E-state index in [4.69, 9.17) is 4.98 Å². The molecule has 0 bridgehead atoms. The van der Waals surface area contributed by atoms with Crippen LogP contribution in [0, 0.1) is 0 Å². The molecule has 112 valence electrons. The van der Waals surface area contributed by atoms with Crippen LogP contribution in [0.25, 0.3) is 11.5 Å². The van der Waals surface area contributed by atoms with Gasteiger partial charge in [-0.25, -0.2) is 9.97 Å². The normalized spacial score (nSPS) is 11.0. The van der Waals surface area contributed by atoms with Gasteiger partial charge < -0.3 is 5.32 Å². The molecule has 2 aromatic heterocycles. The molecule has 21 heavy (non-hydrogen) atoms. The van der Waals surface area contributed by atoms with E-state index in [1.54, 1.807) is 6.20 Å². The highest BCUT2D eigenvalue weighted by Crippen LogP contribution is 2.31. The minimum Gasteiger partial charge on any atom is -0.369 e. The van der Waals surface area contributed by atoms with Crippen LogP contribution in [0.3, 0.4) is 0 Å². The molecule has 0 aliphatic carbocycles. The first-order valence-electron chi connectivity index (χ1n) is 7.34. The summed E-state index contributed by atoms with van der Waals surface area (Å²) in [7, 11) is 0. The molecule has 0 aromatic carbocycles. The van der Waals surface area contributed by atoms with Crippen LogP contribution in [-0.2, 0) is 6.42 Å². The fourth-order valence-electron chi connectivity index (χ4n) is 2.16. The fourth-order valence-corrected chi connectivity index (χ4v) is 2.94. The average Bonchev–Trinajstić information content (AvgIpc) is 2.49. The third kappa shape index (κ3) is 3.40. The number of hydrogen-bond donors (Lipinski definition) is 1. The van der Waals surface area contributed by atoms with Crippen LogP contribution >= 0.6 is 15.9 Å². The summed E-state index contributed by atoms with van der Waals surface area (Å²) in [6, 6.07) is 4.03. The highest BCUT2D eigenvalue weighted by molar-refractivity contribution is 9.10. The fraction of sp³-hybridized carbons (Fsp3) is 0.438. The first-order chi connectivity index (χ1) is 10.1. The van der Waals surface area contributed by atoms with Gasteiger partial charge in [-0.15, -0.1) is 0 Å². The van der Waals surface area contributed by atoms with Gasteiger partial charge in [0.15, 0.2) is 5.82 Å². The van der Waals surface area contributed by atoms with Crippen LogP contribution in [-0.4, -0.2) is 21.5 Å². The van der Waals surface area contributed by atoms with E-state index < -0.39 is 0 Å². The number of rotatable bonds is 5. The third-order valence-electron chi connectivity index (χ3n) is 3.25. The number of pyridine rings is 1. The molecule has 0 atom stereocenters. The molecule has 2 heterocycles. The SMILES string of the molecule is CCNc1nc(-c2ncccc2CC)nc(C(C)C)c1Br. The lowest BCUT2D eigenvalue weighted by Crippen LogP contribution is -2.08. The topological polar surface area (TPSA) is 50.7 Å². The van der Waals surface area contributed by atoms with Gasteiger partial charge >= 0.3 is 0 Å². The maximum atomic E-state index is 4.73. The molecule has 0 unspecified atom stereocenters. The molecule has 0 aliphatic rings. The smallest absolute Gasteiger partial charge is 0.180 e. The second-order valence-electron chi connectivity index (χ2n) is 5.14. The zero-order chi connectivity index (χ0) is 15.4. The molecular formula is C16H21BrN4. The Labute approximate surface area is 134 Å². The van der Waals surface area contributed by atoms with Crippen LogP contribution in [0.4, 0.5) is 5.82 Å². The highest BCUT2D eigenvalue weighted by atomic mass is 79.9. The highest BCUT2D eigenvalue weighted by Gasteiger charge is 2.17. The Morgan fingerprint density at radius 2 is 2.00 bits per heavy atom. The molecule has 0 saturated heterocycles. The molecular weight excluding hydrogens is 328 g/mol. The van der Waals surface area contributed by atoms with Crippen LogP contribution in [0.2, 0.25) is 0 Å². The van der Waals surface area contributed by atoms with E-state index in [1.165, 1.54) is 0 Å². The van der Waals surface area contributed by atoms with Crippen molar-refractivity contribution in [1.82, 2.24) is 15.0 Å². The van der Waals surface area contributed by atoms with Gasteiger partial charge in [0.1, 0.15) is 11.5 Å². The van der Waals surface area contributed by atoms with Gasteiger partial charge in [-0.05, 0) is 46.8 Å². The predicted octanol–water partition coefficient (Wildman–Crippen LogP) is 4.42.